The summed E-state index contributed by atoms with van der Waals surface area (Å²) in [5, 5.41) is 12.5. The van der Waals surface area contributed by atoms with Crippen molar-refractivity contribution in [1.82, 2.24) is 4.72 Å². The van der Waals surface area contributed by atoms with Gasteiger partial charge in [-0.05, 0) is 31.9 Å². The highest BCUT2D eigenvalue weighted by Gasteiger charge is 2.21. The Bertz CT molecular complexity index is 527. The van der Waals surface area contributed by atoms with Gasteiger partial charge in [-0.2, -0.15) is 0 Å². The zero-order valence-electron chi connectivity index (χ0n) is 12.4. The maximum absolute atomic E-state index is 12.3. The van der Waals surface area contributed by atoms with Crippen LogP contribution in [0.2, 0.25) is 0 Å². The summed E-state index contributed by atoms with van der Waals surface area (Å²) >= 11 is 0. The minimum Gasteiger partial charge on any atom is -0.394 e. The van der Waals surface area contributed by atoms with Crippen LogP contribution in [0.15, 0.2) is 29.2 Å². The van der Waals surface area contributed by atoms with Crippen LogP contribution in [0.1, 0.15) is 27.7 Å². The third-order valence-corrected chi connectivity index (χ3v) is 4.63. The van der Waals surface area contributed by atoms with Gasteiger partial charge in [0.2, 0.25) is 10.0 Å². The second kappa shape index (κ2) is 7.06. The van der Waals surface area contributed by atoms with E-state index in [-0.39, 0.29) is 29.5 Å². The Morgan fingerprint density at radius 1 is 1.15 bits per heavy atom. The molecule has 5 nitrogen and oxygen atoms in total. The number of anilines is 1. The first-order chi connectivity index (χ1) is 9.27. The molecule has 0 bridgehead atoms. The fourth-order valence-electron chi connectivity index (χ4n) is 1.82. The molecule has 1 rings (SSSR count). The van der Waals surface area contributed by atoms with Crippen molar-refractivity contribution in [3.05, 3.63) is 24.3 Å². The maximum atomic E-state index is 12.3. The number of hydrogen-bond donors (Lipinski definition) is 3. The lowest BCUT2D eigenvalue weighted by Gasteiger charge is -2.23. The normalized spacial score (nSPS) is 13.8. The number of nitrogens with one attached hydrogen (secondary N) is 2. The predicted octanol–water partition coefficient (Wildman–Crippen LogP) is 1.80. The Morgan fingerprint density at radius 2 is 1.75 bits per heavy atom. The number of benzene rings is 1. The van der Waals surface area contributed by atoms with Crippen LogP contribution in [0.3, 0.4) is 0 Å². The second-order valence-electron chi connectivity index (χ2n) is 5.45. The molecule has 0 aliphatic carbocycles. The summed E-state index contributed by atoms with van der Waals surface area (Å²) < 4.78 is 27.1. The zero-order chi connectivity index (χ0) is 15.3. The van der Waals surface area contributed by atoms with Crippen LogP contribution in [0.5, 0.6) is 0 Å². The molecule has 0 aliphatic heterocycles. The van der Waals surface area contributed by atoms with Crippen molar-refractivity contribution in [3.63, 3.8) is 0 Å². The Kier molecular flexibility index (Phi) is 5.98. The molecular formula is C14H24N2O3S. The topological polar surface area (TPSA) is 78.4 Å². The van der Waals surface area contributed by atoms with E-state index in [2.05, 4.69) is 10.0 Å². The summed E-state index contributed by atoms with van der Waals surface area (Å²) in [7, 11) is -3.56. The van der Waals surface area contributed by atoms with Gasteiger partial charge in [-0.25, -0.2) is 13.1 Å². The van der Waals surface area contributed by atoms with E-state index >= 15 is 0 Å². The van der Waals surface area contributed by atoms with Crippen LogP contribution in [0.25, 0.3) is 0 Å². The molecule has 1 aromatic rings. The lowest BCUT2D eigenvalue weighted by Crippen LogP contribution is -2.33. The molecular weight excluding hydrogens is 276 g/mol. The van der Waals surface area contributed by atoms with Gasteiger partial charge >= 0.3 is 0 Å². The Morgan fingerprint density at radius 3 is 2.25 bits per heavy atom. The highest BCUT2D eigenvalue weighted by Crippen LogP contribution is 2.23. The smallest absolute Gasteiger partial charge is 0.242 e. The summed E-state index contributed by atoms with van der Waals surface area (Å²) in [4.78, 5) is 0.202. The average molecular weight is 300 g/mol. The Labute approximate surface area is 121 Å². The first-order valence-corrected chi connectivity index (χ1v) is 8.25. The van der Waals surface area contributed by atoms with Gasteiger partial charge in [-0.3, -0.25) is 0 Å². The van der Waals surface area contributed by atoms with Gasteiger partial charge in [0, 0.05) is 6.04 Å². The van der Waals surface area contributed by atoms with Gasteiger partial charge in [0.05, 0.1) is 18.3 Å². The van der Waals surface area contributed by atoms with Gasteiger partial charge in [0.25, 0.3) is 0 Å². The Balaban J connectivity index is 3.11. The lowest BCUT2D eigenvalue weighted by atomic mass is 10.1. The maximum Gasteiger partial charge on any atom is 0.242 e. The van der Waals surface area contributed by atoms with Gasteiger partial charge in [-0.1, -0.05) is 26.0 Å². The van der Waals surface area contributed by atoms with E-state index in [1.165, 1.54) is 0 Å². The monoisotopic (exact) mass is 300 g/mol. The quantitative estimate of drug-likeness (QED) is 0.717. The number of aliphatic hydroxyl groups excluding tert-OH is 1. The van der Waals surface area contributed by atoms with Crippen molar-refractivity contribution in [3.8, 4) is 0 Å². The second-order valence-corrected chi connectivity index (χ2v) is 7.13. The van der Waals surface area contributed by atoms with Crippen LogP contribution in [0, 0.1) is 5.92 Å². The number of rotatable bonds is 7. The predicted molar refractivity (Wildman–Crippen MR) is 81.2 cm³/mol. The fourth-order valence-corrected chi connectivity index (χ4v) is 3.24. The lowest BCUT2D eigenvalue weighted by molar-refractivity contribution is 0.249. The van der Waals surface area contributed by atoms with Crippen LogP contribution < -0.4 is 10.0 Å². The molecule has 0 aliphatic rings. The van der Waals surface area contributed by atoms with E-state index in [0.717, 1.165) is 0 Å². The first kappa shape index (κ1) is 16.9. The van der Waals surface area contributed by atoms with E-state index < -0.39 is 10.0 Å². The molecule has 0 saturated heterocycles. The molecule has 114 valence electrons. The van der Waals surface area contributed by atoms with Crippen molar-refractivity contribution in [2.45, 2.75) is 44.7 Å². The number of hydrogen-bond acceptors (Lipinski definition) is 4. The average Bonchev–Trinajstić information content (AvgIpc) is 2.34. The zero-order valence-corrected chi connectivity index (χ0v) is 13.2. The van der Waals surface area contributed by atoms with Gasteiger partial charge in [0.1, 0.15) is 4.90 Å². The molecule has 20 heavy (non-hydrogen) atoms. The van der Waals surface area contributed by atoms with E-state index in [0.29, 0.717) is 5.69 Å². The minimum absolute atomic E-state index is 0.0519. The molecule has 0 aromatic heterocycles. The molecule has 0 radical (unpaired) electrons. The molecule has 1 aromatic carbocycles. The number of para-hydroxylation sites is 1. The third kappa shape index (κ3) is 4.47. The highest BCUT2D eigenvalue weighted by molar-refractivity contribution is 7.89. The third-order valence-electron chi connectivity index (χ3n) is 2.91. The van der Waals surface area contributed by atoms with E-state index in [4.69, 9.17) is 0 Å². The summed E-state index contributed by atoms with van der Waals surface area (Å²) in [6, 6.07) is 6.36. The van der Waals surface area contributed by atoms with Crippen LogP contribution in [0.4, 0.5) is 5.69 Å². The van der Waals surface area contributed by atoms with Crippen LogP contribution >= 0.6 is 0 Å². The van der Waals surface area contributed by atoms with Gasteiger partial charge in [0.15, 0.2) is 0 Å². The molecule has 3 N–H and O–H groups in total. The first-order valence-electron chi connectivity index (χ1n) is 6.76. The summed E-state index contributed by atoms with van der Waals surface area (Å²) in [5.41, 5.74) is 0.508. The van der Waals surface area contributed by atoms with Gasteiger partial charge in [-0.15, -0.1) is 0 Å². The Hall–Kier alpha value is -1.11. The molecule has 1 atom stereocenters. The molecule has 0 saturated carbocycles. The van der Waals surface area contributed by atoms with E-state index in [1.54, 1.807) is 38.1 Å². The van der Waals surface area contributed by atoms with E-state index in [1.807, 2.05) is 13.8 Å². The largest absolute Gasteiger partial charge is 0.394 e. The van der Waals surface area contributed by atoms with Crippen molar-refractivity contribution in [2.24, 2.45) is 5.92 Å². The van der Waals surface area contributed by atoms with Crippen molar-refractivity contribution < 1.29 is 13.5 Å². The van der Waals surface area contributed by atoms with Crippen LogP contribution in [-0.2, 0) is 10.0 Å². The minimum atomic E-state index is -3.56. The summed E-state index contributed by atoms with van der Waals surface area (Å²) in [6.45, 7) is 7.44. The molecule has 6 heteroatoms. The summed E-state index contributed by atoms with van der Waals surface area (Å²) in [5.74, 6) is 0.189. The SMILES string of the molecule is CC(C)NS(=O)(=O)c1ccccc1NC(CO)C(C)C. The summed E-state index contributed by atoms with van der Waals surface area (Å²) in [6.07, 6.45) is 0. The number of sulfonamides is 1. The fraction of sp³-hybridized carbons (Fsp3) is 0.571. The van der Waals surface area contributed by atoms with Crippen LogP contribution in [-0.4, -0.2) is 32.2 Å². The molecule has 0 heterocycles. The standard InChI is InChI=1S/C14H24N2O3S/c1-10(2)13(9-17)15-12-7-5-6-8-14(12)20(18,19)16-11(3)4/h5-8,10-11,13,15-17H,9H2,1-4H3. The molecule has 0 spiro atoms. The molecule has 1 unspecified atom stereocenters. The molecule has 0 fully saturated rings. The van der Waals surface area contributed by atoms with E-state index in [9.17, 15) is 13.5 Å². The van der Waals surface area contributed by atoms with Gasteiger partial charge < -0.3 is 10.4 Å². The molecule has 0 amide bonds. The van der Waals surface area contributed by atoms with Crippen molar-refractivity contribution in [1.29, 1.82) is 0 Å². The van der Waals surface area contributed by atoms with Crippen molar-refractivity contribution in [2.75, 3.05) is 11.9 Å². The number of aliphatic hydroxyl groups is 1. The highest BCUT2D eigenvalue weighted by atomic mass is 32.2. The van der Waals surface area contributed by atoms with Crippen molar-refractivity contribution >= 4 is 15.7 Å².